The van der Waals surface area contributed by atoms with Crippen molar-refractivity contribution in [2.75, 3.05) is 6.61 Å². The van der Waals surface area contributed by atoms with Crippen molar-refractivity contribution in [3.05, 3.63) is 72.7 Å². The fraction of sp³-hybridized carbons (Fsp3) is 0.136. The first kappa shape index (κ1) is 23.8. The van der Waals surface area contributed by atoms with Crippen molar-refractivity contribution in [1.82, 2.24) is 5.32 Å². The van der Waals surface area contributed by atoms with Crippen molar-refractivity contribution in [1.29, 1.82) is 5.26 Å². The highest BCUT2D eigenvalue weighted by Gasteiger charge is 2.17. The van der Waals surface area contributed by atoms with Crippen molar-refractivity contribution in [2.45, 2.75) is 13.5 Å². The van der Waals surface area contributed by atoms with E-state index in [0.29, 0.717) is 28.6 Å². The lowest BCUT2D eigenvalue weighted by atomic mass is 10.1. The summed E-state index contributed by atoms with van der Waals surface area (Å²) < 4.78 is 17.8. The molecule has 3 aromatic rings. The number of carbonyl (C=O) groups excluding carboxylic acids is 2. The van der Waals surface area contributed by atoms with Crippen molar-refractivity contribution in [3.8, 4) is 17.6 Å². The van der Waals surface area contributed by atoms with Gasteiger partial charge >= 0.3 is 5.97 Å². The van der Waals surface area contributed by atoms with E-state index in [1.165, 1.54) is 23.7 Å². The van der Waals surface area contributed by atoms with Gasteiger partial charge in [-0.15, -0.1) is 11.3 Å². The predicted molar refractivity (Wildman–Crippen MR) is 126 cm³/mol. The molecular formula is C22H16Br2N2O5S. The molecule has 7 nitrogen and oxygen atoms in total. The number of esters is 1. The van der Waals surface area contributed by atoms with Gasteiger partial charge in [0.15, 0.2) is 11.5 Å². The van der Waals surface area contributed by atoms with Crippen LogP contribution in [0.1, 0.15) is 27.9 Å². The molecule has 3 rings (SSSR count). The van der Waals surface area contributed by atoms with Crippen LogP contribution in [0.15, 0.2) is 60.9 Å². The molecule has 0 aliphatic heterocycles. The highest BCUT2D eigenvalue weighted by atomic mass is 79.9. The third-order valence-corrected chi connectivity index (χ3v) is 7.23. The number of benzene rings is 1. The predicted octanol–water partition coefficient (Wildman–Crippen LogP) is 5.71. The Labute approximate surface area is 204 Å². The van der Waals surface area contributed by atoms with Gasteiger partial charge in [-0.2, -0.15) is 5.26 Å². The molecule has 2 heterocycles. The molecule has 0 atom stereocenters. The minimum Gasteiger partial charge on any atom is -0.490 e. The lowest BCUT2D eigenvalue weighted by molar-refractivity contribution is -0.117. The van der Waals surface area contributed by atoms with E-state index in [9.17, 15) is 14.9 Å². The molecule has 0 aliphatic carbocycles. The van der Waals surface area contributed by atoms with Crippen molar-refractivity contribution < 1.29 is 23.5 Å². The van der Waals surface area contributed by atoms with E-state index >= 15 is 0 Å². The van der Waals surface area contributed by atoms with Crippen molar-refractivity contribution in [3.63, 3.8) is 0 Å². The molecule has 164 valence electrons. The number of nitrogens with zero attached hydrogens (tertiary/aromatic N) is 1. The van der Waals surface area contributed by atoms with Crippen molar-refractivity contribution in [2.24, 2.45) is 0 Å². The topological polar surface area (TPSA) is 102 Å². The van der Waals surface area contributed by atoms with Crippen LogP contribution in [0.3, 0.4) is 0 Å². The van der Waals surface area contributed by atoms with Crippen LogP contribution < -0.4 is 14.8 Å². The molecule has 0 unspecified atom stereocenters. The fourth-order valence-electron chi connectivity index (χ4n) is 2.56. The molecule has 0 bridgehead atoms. The quantitative estimate of drug-likeness (QED) is 0.159. The largest absolute Gasteiger partial charge is 0.490 e. The lowest BCUT2D eigenvalue weighted by Gasteiger charge is -2.11. The van der Waals surface area contributed by atoms with E-state index in [1.807, 2.05) is 6.07 Å². The molecule has 0 fully saturated rings. The summed E-state index contributed by atoms with van der Waals surface area (Å²) in [6, 6.07) is 11.8. The zero-order valence-electron chi connectivity index (χ0n) is 16.7. The van der Waals surface area contributed by atoms with E-state index in [0.717, 1.165) is 8.26 Å². The summed E-state index contributed by atoms with van der Waals surface area (Å²) in [4.78, 5) is 25.2. The smallest absolute Gasteiger partial charge is 0.353 e. The number of hydrogen-bond acceptors (Lipinski definition) is 7. The number of furan rings is 1. The summed E-state index contributed by atoms with van der Waals surface area (Å²) in [6.45, 7) is 2.30. The number of halogens is 2. The standard InChI is InChI=1S/C22H16Br2N2O5S/c1-2-29-18-9-13(8-14(11-25)21(27)26-12-15-4-3-7-30-15)5-6-17(18)31-22(28)19-10-16(23)20(24)32-19/h3-10H,2,12H2,1H3,(H,26,27)/b14-8+. The Bertz CT molecular complexity index is 1180. The Morgan fingerprint density at radius 1 is 1.25 bits per heavy atom. The van der Waals surface area contributed by atoms with Gasteiger partial charge in [0.2, 0.25) is 0 Å². The minimum absolute atomic E-state index is 0.0861. The van der Waals surface area contributed by atoms with Crippen LogP contribution >= 0.6 is 43.2 Å². The van der Waals surface area contributed by atoms with Crippen LogP contribution in [0.2, 0.25) is 0 Å². The molecule has 0 saturated heterocycles. The molecule has 0 saturated carbocycles. The molecule has 0 radical (unpaired) electrons. The van der Waals surface area contributed by atoms with Crippen LogP contribution in [0.4, 0.5) is 0 Å². The Morgan fingerprint density at radius 3 is 2.69 bits per heavy atom. The number of ether oxygens (including phenoxy) is 2. The van der Waals surface area contributed by atoms with Gasteiger partial charge in [0.05, 0.1) is 23.2 Å². The Hall–Kier alpha value is -2.87. The van der Waals surface area contributed by atoms with Crippen LogP contribution in [0, 0.1) is 11.3 Å². The zero-order chi connectivity index (χ0) is 23.1. The highest BCUT2D eigenvalue weighted by molar-refractivity contribution is 9.13. The second-order valence-corrected chi connectivity index (χ2v) is 9.42. The number of carbonyl (C=O) groups is 2. The maximum atomic E-state index is 12.5. The highest BCUT2D eigenvalue weighted by Crippen LogP contribution is 2.35. The Balaban J connectivity index is 1.78. The average Bonchev–Trinajstić information content (AvgIpc) is 3.42. The molecule has 0 aliphatic rings. The van der Waals surface area contributed by atoms with Gasteiger partial charge in [-0.05, 0) is 80.8 Å². The van der Waals surface area contributed by atoms with Crippen LogP contribution in [-0.2, 0) is 11.3 Å². The van der Waals surface area contributed by atoms with E-state index < -0.39 is 11.9 Å². The van der Waals surface area contributed by atoms with Gasteiger partial charge in [0.25, 0.3) is 5.91 Å². The van der Waals surface area contributed by atoms with Gasteiger partial charge in [-0.25, -0.2) is 4.79 Å². The molecule has 0 spiro atoms. The number of rotatable bonds is 8. The maximum Gasteiger partial charge on any atom is 0.353 e. The first-order chi connectivity index (χ1) is 15.4. The van der Waals surface area contributed by atoms with Crippen LogP contribution in [-0.4, -0.2) is 18.5 Å². The first-order valence-electron chi connectivity index (χ1n) is 9.27. The van der Waals surface area contributed by atoms with E-state index in [1.54, 1.807) is 43.3 Å². The number of amides is 1. The number of nitriles is 1. The molecule has 1 N–H and O–H groups in total. The Morgan fingerprint density at radius 2 is 2.06 bits per heavy atom. The molecule has 10 heteroatoms. The van der Waals surface area contributed by atoms with Gasteiger partial charge in [-0.3, -0.25) is 4.79 Å². The maximum absolute atomic E-state index is 12.5. The summed E-state index contributed by atoms with van der Waals surface area (Å²) in [5, 5.41) is 12.0. The average molecular weight is 580 g/mol. The SMILES string of the molecule is CCOc1cc(/C=C(\C#N)C(=O)NCc2ccco2)ccc1OC(=O)c1cc(Br)c(Br)s1. The third-order valence-electron chi connectivity index (χ3n) is 4.00. The summed E-state index contributed by atoms with van der Waals surface area (Å²) in [5.74, 6) is 0.0603. The Kier molecular flexibility index (Phi) is 8.27. The van der Waals surface area contributed by atoms with Gasteiger partial charge in [0.1, 0.15) is 22.3 Å². The fourth-order valence-corrected chi connectivity index (χ4v) is 4.47. The molecule has 32 heavy (non-hydrogen) atoms. The lowest BCUT2D eigenvalue weighted by Crippen LogP contribution is -2.23. The van der Waals surface area contributed by atoms with E-state index in [4.69, 9.17) is 13.9 Å². The number of thiophene rings is 1. The number of nitrogens with one attached hydrogen (secondary N) is 1. The van der Waals surface area contributed by atoms with Gasteiger partial charge < -0.3 is 19.2 Å². The normalized spacial score (nSPS) is 11.0. The van der Waals surface area contributed by atoms with Gasteiger partial charge in [-0.1, -0.05) is 6.07 Å². The van der Waals surface area contributed by atoms with Crippen molar-refractivity contribution >= 4 is 61.1 Å². The third kappa shape index (κ3) is 6.09. The summed E-state index contributed by atoms with van der Waals surface area (Å²) in [7, 11) is 0. The van der Waals surface area contributed by atoms with E-state index in [2.05, 4.69) is 37.2 Å². The minimum atomic E-state index is -0.536. The first-order valence-corrected chi connectivity index (χ1v) is 11.7. The second-order valence-electron chi connectivity index (χ2n) is 6.19. The van der Waals surface area contributed by atoms with Crippen LogP contribution in [0.25, 0.3) is 6.08 Å². The van der Waals surface area contributed by atoms with Crippen LogP contribution in [0.5, 0.6) is 11.5 Å². The van der Waals surface area contributed by atoms with E-state index in [-0.39, 0.29) is 17.9 Å². The summed E-state index contributed by atoms with van der Waals surface area (Å²) in [5.41, 5.74) is 0.455. The molecular weight excluding hydrogens is 564 g/mol. The monoisotopic (exact) mass is 578 g/mol. The molecule has 1 aromatic carbocycles. The summed E-state index contributed by atoms with van der Waals surface area (Å²) >= 11 is 7.93. The molecule has 2 aromatic heterocycles. The zero-order valence-corrected chi connectivity index (χ0v) is 20.7. The number of hydrogen-bond donors (Lipinski definition) is 1. The summed E-state index contributed by atoms with van der Waals surface area (Å²) in [6.07, 6.45) is 2.93. The molecule has 1 amide bonds. The second kappa shape index (κ2) is 11.1. The van der Waals surface area contributed by atoms with Gasteiger partial charge in [0, 0.05) is 4.47 Å².